The first-order valence-electron chi connectivity index (χ1n) is 6.54. The van der Waals surface area contributed by atoms with E-state index in [1.165, 1.54) is 12.1 Å². The Morgan fingerprint density at radius 2 is 1.78 bits per heavy atom. The lowest BCUT2D eigenvalue weighted by Crippen LogP contribution is -2.06. The second kappa shape index (κ2) is 6.90. The lowest BCUT2D eigenvalue weighted by atomic mass is 10.3. The Kier molecular flexibility index (Phi) is 5.14. The van der Waals surface area contributed by atoms with Gasteiger partial charge in [-0.25, -0.2) is 0 Å². The third kappa shape index (κ3) is 4.15. The average Bonchev–Trinajstić information content (AvgIpc) is 2.49. The minimum Gasteiger partial charge on any atom is -0.456 e. The second-order valence-electron chi connectivity index (χ2n) is 4.43. The Morgan fingerprint density at radius 3 is 2.30 bits per heavy atom. The number of hydrogen-bond acceptors (Lipinski definition) is 5. The Bertz CT molecular complexity index is 942. The molecule has 0 aromatic heterocycles. The highest BCUT2D eigenvalue weighted by Gasteiger charge is 2.22. The van der Waals surface area contributed by atoms with E-state index in [-0.39, 0.29) is 18.0 Å². The maximum absolute atomic E-state index is 11.6. The maximum Gasteiger partial charge on any atom is 0.465 e. The Morgan fingerprint density at radius 1 is 1.13 bits per heavy atom. The largest absolute Gasteiger partial charge is 0.465 e. The summed E-state index contributed by atoms with van der Waals surface area (Å²) < 4.78 is 61.2. The summed E-state index contributed by atoms with van der Waals surface area (Å²) in [5, 5.41) is 0. The van der Waals surface area contributed by atoms with Crippen molar-refractivity contribution in [1.29, 1.82) is 0 Å². The van der Waals surface area contributed by atoms with E-state index in [9.17, 15) is 21.4 Å². The highest BCUT2D eigenvalue weighted by atomic mass is 32.2. The van der Waals surface area contributed by atoms with Gasteiger partial charge in [0.15, 0.2) is 6.54 Å². The molecule has 2 aromatic rings. The van der Waals surface area contributed by atoms with Crippen LogP contribution < -0.4 is 4.74 Å². The summed E-state index contributed by atoms with van der Waals surface area (Å²) in [6.07, 6.45) is 0. The van der Waals surface area contributed by atoms with E-state index in [0.717, 1.165) is 10.0 Å². The lowest BCUT2D eigenvalue weighted by molar-refractivity contribution is -0.410. The van der Waals surface area contributed by atoms with Crippen molar-refractivity contribution in [3.05, 3.63) is 48.5 Å². The first-order valence-corrected chi connectivity index (χ1v) is 9.01. The van der Waals surface area contributed by atoms with Crippen LogP contribution in [0.5, 0.6) is 11.5 Å². The number of rotatable bonds is 5. The minimum atomic E-state index is -4.60. The molecule has 9 heteroatoms. The Balaban J connectivity index is 2.59. The quantitative estimate of drug-likeness (QED) is 0.652. The summed E-state index contributed by atoms with van der Waals surface area (Å²) in [4.78, 5) is -0.511. The van der Waals surface area contributed by atoms with Gasteiger partial charge in [-0.15, -0.1) is 8.42 Å². The summed E-state index contributed by atoms with van der Waals surface area (Å²) in [5.41, 5.74) is 0.105. The predicted octanol–water partition coefficient (Wildman–Crippen LogP) is 2.45. The third-order valence-corrected chi connectivity index (χ3v) is 4.64. The molecule has 7 nitrogen and oxygen atoms in total. The molecule has 122 valence electrons. The van der Waals surface area contributed by atoms with Crippen LogP contribution in [0, 0.1) is 0 Å². The summed E-state index contributed by atoms with van der Waals surface area (Å²) in [6.45, 7) is 1.71. The molecule has 0 heterocycles. The smallest absolute Gasteiger partial charge is 0.456 e. The zero-order valence-corrected chi connectivity index (χ0v) is 13.7. The number of benzene rings is 2. The van der Waals surface area contributed by atoms with Gasteiger partial charge in [0, 0.05) is 12.1 Å². The molecule has 2 rings (SSSR count). The molecule has 1 N–H and O–H groups in total. The van der Waals surface area contributed by atoms with Gasteiger partial charge in [0.2, 0.25) is 5.69 Å². The van der Waals surface area contributed by atoms with Gasteiger partial charge >= 0.3 is 10.5 Å². The van der Waals surface area contributed by atoms with Crippen LogP contribution in [0.3, 0.4) is 0 Å². The summed E-state index contributed by atoms with van der Waals surface area (Å²) in [6, 6.07) is 12.1. The van der Waals surface area contributed by atoms with Gasteiger partial charge < -0.3 is 4.74 Å². The molecule has 0 amide bonds. The average molecular weight is 356 g/mol. The standard InChI is InChI=1S/C14H13NO6S2/c1-2-15(22(16)17)11-8-9-13(14(10-11)23(18,19)20)21-12-6-4-3-5-7-12/h3-10H,2H2,1H3/p+1. The van der Waals surface area contributed by atoms with Crippen LogP contribution in [-0.4, -0.2) is 31.9 Å². The number of ether oxygens (including phenoxy) is 1. The summed E-state index contributed by atoms with van der Waals surface area (Å²) >= 11 is 0. The number of para-hydroxylation sites is 1. The molecule has 0 aliphatic heterocycles. The fourth-order valence-corrected chi connectivity index (χ4v) is 3.06. The molecule has 2 aromatic carbocycles. The van der Waals surface area contributed by atoms with E-state index in [2.05, 4.69) is 0 Å². The molecule has 0 aliphatic carbocycles. The zero-order chi connectivity index (χ0) is 17.0. The predicted molar refractivity (Wildman–Crippen MR) is 82.2 cm³/mol. The SMILES string of the molecule is CC[N+](c1ccc(Oc2ccccc2)c(S(=O)(=O)O)c1)=S(=O)=O. The van der Waals surface area contributed by atoms with Crippen LogP contribution in [-0.2, 0) is 20.6 Å². The van der Waals surface area contributed by atoms with Crippen molar-refractivity contribution in [2.24, 2.45) is 0 Å². The highest BCUT2D eigenvalue weighted by Crippen LogP contribution is 2.31. The van der Waals surface area contributed by atoms with E-state index in [4.69, 9.17) is 4.74 Å². The van der Waals surface area contributed by atoms with Crippen molar-refractivity contribution < 1.29 is 30.1 Å². The molecule has 0 saturated carbocycles. The van der Waals surface area contributed by atoms with Gasteiger partial charge in [0.25, 0.3) is 10.1 Å². The Hall–Kier alpha value is -2.23. The molecule has 0 aliphatic rings. The summed E-state index contributed by atoms with van der Waals surface area (Å²) in [5.74, 6) is 0.278. The first kappa shape index (κ1) is 17.1. The van der Waals surface area contributed by atoms with Crippen molar-refractivity contribution >= 4 is 26.3 Å². The fourth-order valence-electron chi connectivity index (χ4n) is 1.93. The molecule has 23 heavy (non-hydrogen) atoms. The minimum absolute atomic E-state index is 0.102. The van der Waals surface area contributed by atoms with Crippen molar-refractivity contribution in [3.63, 3.8) is 0 Å². The van der Waals surface area contributed by atoms with Crippen LogP contribution >= 0.6 is 0 Å². The molecule has 0 unspecified atom stereocenters. The second-order valence-corrected chi connectivity index (χ2v) is 6.70. The third-order valence-electron chi connectivity index (χ3n) is 2.93. The lowest BCUT2D eigenvalue weighted by Gasteiger charge is -2.09. The van der Waals surface area contributed by atoms with Gasteiger partial charge in [-0.05, 0) is 25.1 Å². The summed E-state index contributed by atoms with van der Waals surface area (Å²) in [7, 11) is -7.16. The van der Waals surface area contributed by atoms with Gasteiger partial charge in [-0.2, -0.15) is 8.42 Å². The van der Waals surface area contributed by atoms with Gasteiger partial charge in [-0.1, -0.05) is 22.1 Å². The normalized spacial score (nSPS) is 11.0. The molecular weight excluding hydrogens is 342 g/mol. The zero-order valence-electron chi connectivity index (χ0n) is 12.1. The van der Waals surface area contributed by atoms with Crippen LogP contribution in [0.15, 0.2) is 53.4 Å². The molecule has 0 bridgehead atoms. The monoisotopic (exact) mass is 356 g/mol. The van der Waals surface area contributed by atoms with Crippen molar-refractivity contribution in [2.75, 3.05) is 6.54 Å². The van der Waals surface area contributed by atoms with Gasteiger partial charge in [-0.3, -0.25) is 4.55 Å². The van der Waals surface area contributed by atoms with Gasteiger partial charge in [0.05, 0.1) is 0 Å². The van der Waals surface area contributed by atoms with E-state index < -0.39 is 25.5 Å². The molecule has 0 saturated heterocycles. The molecule has 0 atom stereocenters. The molecule has 0 spiro atoms. The van der Waals surface area contributed by atoms with Crippen LogP contribution in [0.25, 0.3) is 0 Å². The van der Waals surface area contributed by atoms with Crippen LogP contribution in [0.1, 0.15) is 6.92 Å². The highest BCUT2D eigenvalue weighted by molar-refractivity contribution is 7.86. The van der Waals surface area contributed by atoms with Crippen molar-refractivity contribution in [3.8, 4) is 11.5 Å². The molecule has 0 radical (unpaired) electrons. The number of hydrogen-bond donors (Lipinski definition) is 1. The topological polar surface area (TPSA) is 101 Å². The molecular formula is C14H14NO6S2+. The van der Waals surface area contributed by atoms with Crippen LogP contribution in [0.4, 0.5) is 5.69 Å². The fraction of sp³-hybridized carbons (Fsp3) is 0.143. The van der Waals surface area contributed by atoms with Gasteiger partial charge in [0.1, 0.15) is 16.4 Å². The number of nitrogens with zero attached hydrogens (tertiary/aromatic N) is 1. The van der Waals surface area contributed by atoms with E-state index in [0.29, 0.717) is 5.75 Å². The van der Waals surface area contributed by atoms with Crippen molar-refractivity contribution in [1.82, 2.24) is 0 Å². The maximum atomic E-state index is 11.6. The van der Waals surface area contributed by atoms with Crippen LogP contribution in [0.2, 0.25) is 0 Å². The van der Waals surface area contributed by atoms with E-state index >= 15 is 0 Å². The first-order chi connectivity index (χ1) is 10.8. The molecule has 0 fully saturated rings. The van der Waals surface area contributed by atoms with E-state index in [1.807, 2.05) is 0 Å². The van der Waals surface area contributed by atoms with E-state index in [1.54, 1.807) is 37.3 Å². The Labute approximate surface area is 135 Å². The van der Waals surface area contributed by atoms with Crippen molar-refractivity contribution in [2.45, 2.75) is 11.8 Å².